The van der Waals surface area contributed by atoms with E-state index in [-0.39, 0.29) is 16.4 Å². The van der Waals surface area contributed by atoms with Gasteiger partial charge in [-0.15, -0.1) is 0 Å². The number of rotatable bonds is 5. The van der Waals surface area contributed by atoms with Gasteiger partial charge in [0.25, 0.3) is 8.32 Å². The van der Waals surface area contributed by atoms with Crippen molar-refractivity contribution in [2.75, 3.05) is 6.61 Å². The van der Waals surface area contributed by atoms with Crippen LogP contribution < -0.4 is 10.4 Å². The van der Waals surface area contributed by atoms with Crippen molar-refractivity contribution in [1.29, 1.82) is 5.26 Å². The smallest absolute Gasteiger partial charge is 0.261 e. The van der Waals surface area contributed by atoms with Crippen molar-refractivity contribution in [3.8, 4) is 6.07 Å². The minimum Gasteiger partial charge on any atom is -0.407 e. The van der Waals surface area contributed by atoms with Gasteiger partial charge in [-0.05, 0) is 76.1 Å². The van der Waals surface area contributed by atoms with E-state index in [0.717, 1.165) is 43.2 Å². The van der Waals surface area contributed by atoms with Crippen LogP contribution in [0.15, 0.2) is 96.6 Å². The molecule has 1 N–H and O–H groups in total. The van der Waals surface area contributed by atoms with Crippen LogP contribution in [0.25, 0.3) is 0 Å². The molecule has 0 heterocycles. The lowest BCUT2D eigenvalue weighted by atomic mass is 9.44. The van der Waals surface area contributed by atoms with E-state index in [9.17, 15) is 10.4 Å². The maximum absolute atomic E-state index is 12.4. The first-order valence-corrected chi connectivity index (χ1v) is 16.9. The fraction of sp³-hybridized carbons (Fsp3) is 0.417. The van der Waals surface area contributed by atoms with Gasteiger partial charge in [-0.2, -0.15) is 5.26 Å². The number of fused-ring (bicyclic) bond motifs is 4. The fourth-order valence-electron chi connectivity index (χ4n) is 8.87. The van der Waals surface area contributed by atoms with Crippen LogP contribution in [-0.2, 0) is 10.0 Å². The van der Waals surface area contributed by atoms with E-state index in [1.807, 2.05) is 6.07 Å². The summed E-state index contributed by atoms with van der Waals surface area (Å²) >= 11 is 0. The molecule has 0 radical (unpaired) electrons. The third-order valence-electron chi connectivity index (χ3n) is 10.4. The molecular formula is C36H41NO2Si. The Labute approximate surface area is 240 Å². The first kappa shape index (κ1) is 27.2. The van der Waals surface area contributed by atoms with Crippen LogP contribution in [0.4, 0.5) is 0 Å². The topological polar surface area (TPSA) is 53.2 Å². The van der Waals surface area contributed by atoms with Gasteiger partial charge in [0.2, 0.25) is 0 Å². The Kier molecular flexibility index (Phi) is 6.90. The molecule has 2 saturated carbocycles. The number of hydrogen-bond donors (Lipinski definition) is 1. The second-order valence-corrected chi connectivity index (χ2v) is 17.5. The van der Waals surface area contributed by atoms with Crippen molar-refractivity contribution < 1.29 is 9.53 Å². The Hall–Kier alpha value is -2.97. The molecule has 3 aromatic rings. The highest BCUT2D eigenvalue weighted by atomic mass is 28.4. The van der Waals surface area contributed by atoms with Gasteiger partial charge in [0.15, 0.2) is 0 Å². The number of hydrogen-bond acceptors (Lipinski definition) is 3. The molecule has 6 rings (SSSR count). The molecule has 206 valence electrons. The van der Waals surface area contributed by atoms with Crippen LogP contribution in [0.5, 0.6) is 0 Å². The lowest BCUT2D eigenvalue weighted by molar-refractivity contribution is -0.0590. The van der Waals surface area contributed by atoms with E-state index in [1.165, 1.54) is 15.9 Å². The van der Waals surface area contributed by atoms with Crippen molar-refractivity contribution >= 4 is 18.7 Å². The van der Waals surface area contributed by atoms with Gasteiger partial charge in [0.05, 0.1) is 6.07 Å². The molecule has 0 amide bonds. The van der Waals surface area contributed by atoms with Crippen molar-refractivity contribution in [3.63, 3.8) is 0 Å². The first-order chi connectivity index (χ1) is 19.3. The van der Waals surface area contributed by atoms with E-state index >= 15 is 0 Å². The van der Waals surface area contributed by atoms with Crippen molar-refractivity contribution in [3.05, 3.63) is 108 Å². The van der Waals surface area contributed by atoms with Crippen LogP contribution in [0, 0.1) is 22.7 Å². The van der Waals surface area contributed by atoms with Gasteiger partial charge in [-0.3, -0.25) is 0 Å². The summed E-state index contributed by atoms with van der Waals surface area (Å²) in [6.45, 7) is 7.63. The summed E-state index contributed by atoms with van der Waals surface area (Å²) in [5.74, 6) is 0.526. The van der Waals surface area contributed by atoms with Crippen molar-refractivity contribution in [1.82, 2.24) is 0 Å². The molecule has 0 saturated heterocycles. The van der Waals surface area contributed by atoms with Gasteiger partial charge in [-0.25, -0.2) is 0 Å². The summed E-state index contributed by atoms with van der Waals surface area (Å²) in [7, 11) is -2.71. The molecule has 40 heavy (non-hydrogen) atoms. The van der Waals surface area contributed by atoms with E-state index in [1.54, 1.807) is 6.08 Å². The summed E-state index contributed by atoms with van der Waals surface area (Å²) in [4.78, 5) is 0. The number of allylic oxidation sites excluding steroid dienone is 1. The minimum absolute atomic E-state index is 0.0980. The zero-order valence-electron chi connectivity index (χ0n) is 24.1. The van der Waals surface area contributed by atoms with Crippen LogP contribution in [0.2, 0.25) is 5.04 Å². The zero-order valence-corrected chi connectivity index (χ0v) is 25.1. The van der Waals surface area contributed by atoms with Gasteiger partial charge < -0.3 is 9.53 Å². The molecule has 1 spiro atoms. The third-order valence-corrected chi connectivity index (χ3v) is 15.4. The van der Waals surface area contributed by atoms with Crippen molar-refractivity contribution in [2.24, 2.45) is 11.3 Å². The van der Waals surface area contributed by atoms with Crippen molar-refractivity contribution in [2.45, 2.75) is 75.9 Å². The third kappa shape index (κ3) is 3.90. The SMILES string of the molecule is CC(C)(C)[Si](OCC1CCCC2c3ccccc3C3(O)CCCC12/C3=C/C#N)(c1ccccc1)c1ccccc1. The Morgan fingerprint density at radius 1 is 0.900 bits per heavy atom. The molecular weight excluding hydrogens is 506 g/mol. The number of nitrogens with zero attached hydrogens (tertiary/aromatic N) is 1. The monoisotopic (exact) mass is 547 g/mol. The molecule has 3 nitrogen and oxygen atoms in total. The second kappa shape index (κ2) is 10.1. The average molecular weight is 548 g/mol. The van der Waals surface area contributed by atoms with Gasteiger partial charge in [0.1, 0.15) is 5.60 Å². The summed E-state index contributed by atoms with van der Waals surface area (Å²) in [6.07, 6.45) is 7.61. The second-order valence-electron chi connectivity index (χ2n) is 13.2. The number of benzene rings is 3. The van der Waals surface area contributed by atoms with Crippen LogP contribution in [0.3, 0.4) is 0 Å². The molecule has 2 fully saturated rings. The highest BCUT2D eigenvalue weighted by Gasteiger charge is 2.62. The van der Waals surface area contributed by atoms with E-state index < -0.39 is 13.9 Å². The lowest BCUT2D eigenvalue weighted by Gasteiger charge is -2.62. The fourth-order valence-corrected chi connectivity index (χ4v) is 13.5. The van der Waals surface area contributed by atoms with Crippen LogP contribution >= 0.6 is 0 Å². The highest BCUT2D eigenvalue weighted by molar-refractivity contribution is 6.99. The van der Waals surface area contributed by atoms with Gasteiger partial charge in [-0.1, -0.05) is 112 Å². The predicted molar refractivity (Wildman–Crippen MR) is 164 cm³/mol. The Bertz CT molecular complexity index is 1400. The normalized spacial score (nSPS) is 28.8. The largest absolute Gasteiger partial charge is 0.407 e. The van der Waals surface area contributed by atoms with Gasteiger partial charge >= 0.3 is 0 Å². The Morgan fingerprint density at radius 2 is 1.52 bits per heavy atom. The summed E-state index contributed by atoms with van der Waals surface area (Å²) in [5, 5.41) is 24.9. The van der Waals surface area contributed by atoms with Crippen LogP contribution in [-0.4, -0.2) is 20.0 Å². The predicted octanol–water partition coefficient (Wildman–Crippen LogP) is 6.97. The highest BCUT2D eigenvalue weighted by Crippen LogP contribution is 2.68. The molecule has 3 aliphatic rings. The molecule has 4 atom stereocenters. The Balaban J connectivity index is 1.49. The summed E-state index contributed by atoms with van der Waals surface area (Å²) in [5.41, 5.74) is 1.92. The minimum atomic E-state index is -2.71. The maximum atomic E-state index is 12.4. The summed E-state index contributed by atoms with van der Waals surface area (Å²) in [6, 6.07) is 32.6. The quantitative estimate of drug-likeness (QED) is 0.277. The standard InChI is InChI=1S/C36H41NO2Si/c1-34(2,3)40(28-15-6-4-7-16-28,29-17-8-5-9-18-29)39-26-27-14-12-21-31-30-19-10-11-20-32(30)36(38)24-13-23-35(27,31)33(36)22-25-37/h4-11,15-20,22,27,31,38H,12-14,21,23-24,26H2,1-3H3/b33-22-. The van der Waals surface area contributed by atoms with Crippen LogP contribution in [0.1, 0.15) is 76.3 Å². The zero-order chi connectivity index (χ0) is 28.0. The Morgan fingerprint density at radius 3 is 2.15 bits per heavy atom. The molecule has 0 aromatic heterocycles. The average Bonchev–Trinajstić information content (AvgIpc) is 2.96. The molecule has 2 bridgehead atoms. The number of aliphatic hydroxyl groups is 1. The molecule has 0 aliphatic heterocycles. The van der Waals surface area contributed by atoms with E-state index in [2.05, 4.69) is 106 Å². The first-order valence-electron chi connectivity index (χ1n) is 15.0. The molecule has 4 unspecified atom stereocenters. The van der Waals surface area contributed by atoms with E-state index in [4.69, 9.17) is 4.43 Å². The summed E-state index contributed by atoms with van der Waals surface area (Å²) < 4.78 is 7.54. The van der Waals surface area contributed by atoms with E-state index in [0.29, 0.717) is 18.9 Å². The van der Waals surface area contributed by atoms with Gasteiger partial charge in [0, 0.05) is 18.1 Å². The molecule has 4 heteroatoms. The lowest BCUT2D eigenvalue weighted by Crippen LogP contribution is -2.67. The molecule has 3 aliphatic carbocycles. The molecule has 3 aromatic carbocycles. The maximum Gasteiger partial charge on any atom is 0.261 e. The number of nitriles is 1.